The van der Waals surface area contributed by atoms with Crippen molar-refractivity contribution in [3.8, 4) is 0 Å². The lowest BCUT2D eigenvalue weighted by atomic mass is 10.2. The van der Waals surface area contributed by atoms with Gasteiger partial charge in [-0.2, -0.15) is 0 Å². The van der Waals surface area contributed by atoms with Crippen LogP contribution in [0.5, 0.6) is 0 Å². The fourth-order valence-electron chi connectivity index (χ4n) is 1.95. The SMILES string of the molecule is Nc1ccc(C(=O)N2CCC[C@@H]2C(=O)O)nc1. The quantitative estimate of drug-likeness (QED) is 0.771. The van der Waals surface area contributed by atoms with Crippen LogP contribution in [0.3, 0.4) is 0 Å². The zero-order chi connectivity index (χ0) is 12.4. The van der Waals surface area contributed by atoms with Crippen LogP contribution in [0.1, 0.15) is 23.3 Å². The molecule has 17 heavy (non-hydrogen) atoms. The van der Waals surface area contributed by atoms with Crippen LogP contribution in [0.25, 0.3) is 0 Å². The van der Waals surface area contributed by atoms with Crippen LogP contribution in [0.2, 0.25) is 0 Å². The van der Waals surface area contributed by atoms with Crippen LogP contribution in [0.15, 0.2) is 18.3 Å². The Kier molecular flexibility index (Phi) is 2.95. The molecule has 1 amide bonds. The molecule has 90 valence electrons. The van der Waals surface area contributed by atoms with Crippen LogP contribution in [-0.4, -0.2) is 39.5 Å². The summed E-state index contributed by atoms with van der Waals surface area (Å²) in [6, 6.07) is 2.35. The standard InChI is InChI=1S/C11H13N3O3/c12-7-3-4-8(13-6-7)10(15)14-5-1-2-9(14)11(16)17/h3-4,6,9H,1-2,5,12H2,(H,16,17)/t9-/m1/s1. The summed E-state index contributed by atoms with van der Waals surface area (Å²) in [6.07, 6.45) is 2.59. The van der Waals surface area contributed by atoms with Gasteiger partial charge in [0.2, 0.25) is 0 Å². The highest BCUT2D eigenvalue weighted by Crippen LogP contribution is 2.19. The van der Waals surface area contributed by atoms with E-state index in [1.807, 2.05) is 0 Å². The lowest BCUT2D eigenvalue weighted by Crippen LogP contribution is -2.40. The molecule has 2 rings (SSSR count). The van der Waals surface area contributed by atoms with E-state index in [-0.39, 0.29) is 11.6 Å². The number of hydrogen-bond donors (Lipinski definition) is 2. The number of carbonyl (C=O) groups excluding carboxylic acids is 1. The minimum absolute atomic E-state index is 0.229. The number of aliphatic carboxylic acids is 1. The minimum atomic E-state index is -0.966. The molecule has 1 aromatic heterocycles. The Balaban J connectivity index is 2.19. The number of nitrogens with zero attached hydrogens (tertiary/aromatic N) is 2. The van der Waals surface area contributed by atoms with Gasteiger partial charge in [0.25, 0.3) is 5.91 Å². The monoisotopic (exact) mass is 235 g/mol. The first kappa shape index (κ1) is 11.4. The zero-order valence-corrected chi connectivity index (χ0v) is 9.17. The molecule has 1 saturated heterocycles. The van der Waals surface area contributed by atoms with Gasteiger partial charge >= 0.3 is 5.97 Å². The third-order valence-corrected chi connectivity index (χ3v) is 2.80. The summed E-state index contributed by atoms with van der Waals surface area (Å²) in [4.78, 5) is 28.3. The average molecular weight is 235 g/mol. The molecule has 0 saturated carbocycles. The van der Waals surface area contributed by atoms with Crippen molar-refractivity contribution in [3.05, 3.63) is 24.0 Å². The van der Waals surface area contributed by atoms with Gasteiger partial charge in [-0.05, 0) is 25.0 Å². The Morgan fingerprint density at radius 1 is 1.47 bits per heavy atom. The van der Waals surface area contributed by atoms with Crippen molar-refractivity contribution >= 4 is 17.6 Å². The number of hydrogen-bond acceptors (Lipinski definition) is 4. The Labute approximate surface area is 98.1 Å². The van der Waals surface area contributed by atoms with Gasteiger partial charge in [0.15, 0.2) is 0 Å². The van der Waals surface area contributed by atoms with Gasteiger partial charge in [0.05, 0.1) is 11.9 Å². The maximum atomic E-state index is 12.0. The summed E-state index contributed by atoms with van der Waals surface area (Å²) in [6.45, 7) is 0.460. The molecule has 0 aliphatic carbocycles. The third-order valence-electron chi connectivity index (χ3n) is 2.80. The first-order valence-electron chi connectivity index (χ1n) is 5.35. The van der Waals surface area contributed by atoms with E-state index in [4.69, 9.17) is 10.8 Å². The van der Waals surface area contributed by atoms with E-state index in [1.54, 1.807) is 6.07 Å². The summed E-state index contributed by atoms with van der Waals surface area (Å²) in [5.41, 5.74) is 6.17. The summed E-state index contributed by atoms with van der Waals surface area (Å²) in [5, 5.41) is 8.99. The van der Waals surface area contributed by atoms with E-state index in [1.165, 1.54) is 17.2 Å². The number of pyridine rings is 1. The van der Waals surface area contributed by atoms with Crippen LogP contribution in [0.4, 0.5) is 5.69 Å². The first-order chi connectivity index (χ1) is 8.09. The molecule has 3 N–H and O–H groups in total. The average Bonchev–Trinajstić information content (AvgIpc) is 2.78. The third kappa shape index (κ3) is 2.20. The predicted octanol–water partition coefficient (Wildman–Crippen LogP) is 0.353. The molecule has 6 nitrogen and oxygen atoms in total. The van der Waals surface area contributed by atoms with Crippen molar-refractivity contribution in [2.45, 2.75) is 18.9 Å². The maximum absolute atomic E-state index is 12.0. The molecule has 1 aliphatic rings. The second kappa shape index (κ2) is 4.40. The van der Waals surface area contributed by atoms with Gasteiger partial charge in [0.1, 0.15) is 11.7 Å². The van der Waals surface area contributed by atoms with Crippen molar-refractivity contribution < 1.29 is 14.7 Å². The normalized spacial score (nSPS) is 19.3. The fourth-order valence-corrected chi connectivity index (χ4v) is 1.95. The largest absolute Gasteiger partial charge is 0.480 e. The topological polar surface area (TPSA) is 96.5 Å². The number of anilines is 1. The van der Waals surface area contributed by atoms with Gasteiger partial charge in [0, 0.05) is 6.54 Å². The number of nitrogens with two attached hydrogens (primary N) is 1. The lowest BCUT2D eigenvalue weighted by Gasteiger charge is -2.20. The number of carboxylic acid groups (broad SMARTS) is 1. The molecule has 0 bridgehead atoms. The van der Waals surface area contributed by atoms with E-state index < -0.39 is 12.0 Å². The maximum Gasteiger partial charge on any atom is 0.326 e. The number of carboxylic acids is 1. The highest BCUT2D eigenvalue weighted by Gasteiger charge is 2.34. The molecule has 2 heterocycles. The Hall–Kier alpha value is -2.11. The molecule has 1 aliphatic heterocycles. The predicted molar refractivity (Wildman–Crippen MR) is 60.3 cm³/mol. The minimum Gasteiger partial charge on any atom is -0.480 e. The number of aromatic nitrogens is 1. The van der Waals surface area contributed by atoms with E-state index in [2.05, 4.69) is 4.98 Å². The number of rotatable bonds is 2. The van der Waals surface area contributed by atoms with E-state index in [9.17, 15) is 9.59 Å². The van der Waals surface area contributed by atoms with Crippen LogP contribution in [0, 0.1) is 0 Å². The second-order valence-corrected chi connectivity index (χ2v) is 3.97. The first-order valence-corrected chi connectivity index (χ1v) is 5.35. The van der Waals surface area contributed by atoms with Crippen molar-refractivity contribution in [1.82, 2.24) is 9.88 Å². The van der Waals surface area contributed by atoms with E-state index in [0.29, 0.717) is 25.1 Å². The summed E-state index contributed by atoms with van der Waals surface area (Å²) in [7, 11) is 0. The van der Waals surface area contributed by atoms with Crippen LogP contribution >= 0.6 is 0 Å². The highest BCUT2D eigenvalue weighted by molar-refractivity contribution is 5.95. The number of amides is 1. The van der Waals surface area contributed by atoms with E-state index in [0.717, 1.165) is 0 Å². The molecule has 1 fully saturated rings. The Morgan fingerprint density at radius 3 is 2.82 bits per heavy atom. The molecular formula is C11H13N3O3. The lowest BCUT2D eigenvalue weighted by molar-refractivity contribution is -0.141. The molecule has 0 aromatic carbocycles. The highest BCUT2D eigenvalue weighted by atomic mass is 16.4. The van der Waals surface area contributed by atoms with Crippen molar-refractivity contribution in [2.75, 3.05) is 12.3 Å². The summed E-state index contributed by atoms with van der Waals surface area (Å²) >= 11 is 0. The van der Waals surface area contributed by atoms with Gasteiger partial charge in [-0.25, -0.2) is 9.78 Å². The number of likely N-dealkylation sites (tertiary alicyclic amines) is 1. The van der Waals surface area contributed by atoms with E-state index >= 15 is 0 Å². The number of carbonyl (C=O) groups is 2. The van der Waals surface area contributed by atoms with Gasteiger partial charge < -0.3 is 15.7 Å². The molecular weight excluding hydrogens is 222 g/mol. The Morgan fingerprint density at radius 2 is 2.24 bits per heavy atom. The molecule has 1 aromatic rings. The smallest absolute Gasteiger partial charge is 0.326 e. The molecule has 1 atom stereocenters. The van der Waals surface area contributed by atoms with Crippen molar-refractivity contribution in [3.63, 3.8) is 0 Å². The van der Waals surface area contributed by atoms with Crippen molar-refractivity contribution in [1.29, 1.82) is 0 Å². The summed E-state index contributed by atoms with van der Waals surface area (Å²) < 4.78 is 0. The van der Waals surface area contributed by atoms with Gasteiger partial charge in [-0.3, -0.25) is 4.79 Å². The second-order valence-electron chi connectivity index (χ2n) is 3.97. The molecule has 0 radical (unpaired) electrons. The molecule has 0 spiro atoms. The van der Waals surface area contributed by atoms with Gasteiger partial charge in [-0.15, -0.1) is 0 Å². The van der Waals surface area contributed by atoms with Crippen LogP contribution < -0.4 is 5.73 Å². The van der Waals surface area contributed by atoms with Crippen molar-refractivity contribution in [2.24, 2.45) is 0 Å². The fraction of sp³-hybridized carbons (Fsp3) is 0.364. The number of nitrogen functional groups attached to an aromatic ring is 1. The zero-order valence-electron chi connectivity index (χ0n) is 9.17. The molecule has 0 unspecified atom stereocenters. The molecule has 6 heteroatoms. The summed E-state index contributed by atoms with van der Waals surface area (Å²) in [5.74, 6) is -1.32. The van der Waals surface area contributed by atoms with Crippen LogP contribution in [-0.2, 0) is 4.79 Å². The Bertz CT molecular complexity index is 444. The van der Waals surface area contributed by atoms with Gasteiger partial charge in [-0.1, -0.05) is 0 Å².